The lowest BCUT2D eigenvalue weighted by Gasteiger charge is -2.34. The molecular weight excluding hydrogens is 477 g/mol. The second-order valence-electron chi connectivity index (χ2n) is 6.06. The van der Waals surface area contributed by atoms with Crippen molar-refractivity contribution in [2.24, 2.45) is 0 Å². The van der Waals surface area contributed by atoms with E-state index in [1.807, 2.05) is 29.2 Å². The molecule has 0 aliphatic carbocycles. The van der Waals surface area contributed by atoms with E-state index in [1.165, 1.54) is 9.60 Å². The van der Waals surface area contributed by atoms with Gasteiger partial charge in [0.1, 0.15) is 0 Å². The molecule has 0 N–H and O–H groups in total. The molecule has 0 radical (unpaired) electrons. The highest BCUT2D eigenvalue weighted by Gasteiger charge is 2.25. The second-order valence-corrected chi connectivity index (χ2v) is 9.08. The Balaban J connectivity index is 1.49. The van der Waals surface area contributed by atoms with Crippen molar-refractivity contribution in [1.29, 1.82) is 0 Å². The summed E-state index contributed by atoms with van der Waals surface area (Å²) < 4.78 is 2.23. The molecule has 0 bridgehead atoms. The smallest absolute Gasteiger partial charge is 0.255 e. The summed E-state index contributed by atoms with van der Waals surface area (Å²) >= 11 is 5.70. The highest BCUT2D eigenvalue weighted by molar-refractivity contribution is 14.1. The lowest BCUT2D eigenvalue weighted by Crippen LogP contribution is -2.48. The standard InChI is InChI=1S/C19H18IN3OS2/c1-25-15-7-4-8-16-17(15)21-19(26-16)23-11-9-22(10-12-23)18(24)13-5-2-3-6-14(13)20/h2-8H,9-12H2,1H3. The molecule has 0 atom stereocenters. The molecule has 134 valence electrons. The molecule has 4 rings (SSSR count). The minimum Gasteiger partial charge on any atom is -0.345 e. The van der Waals surface area contributed by atoms with Crippen LogP contribution in [0, 0.1) is 3.57 Å². The Morgan fingerprint density at radius 1 is 1.12 bits per heavy atom. The number of carbonyl (C=O) groups excluding carboxylic acids is 1. The molecule has 0 saturated carbocycles. The molecule has 2 heterocycles. The third kappa shape index (κ3) is 3.44. The number of nitrogens with zero attached hydrogens (tertiary/aromatic N) is 3. The van der Waals surface area contributed by atoms with Crippen LogP contribution in [0.2, 0.25) is 0 Å². The molecule has 3 aromatic rings. The number of piperazine rings is 1. The summed E-state index contributed by atoms with van der Waals surface area (Å²) in [5, 5.41) is 1.06. The normalized spacial score (nSPS) is 14.8. The fourth-order valence-corrected chi connectivity index (χ4v) is 5.41. The number of carbonyl (C=O) groups is 1. The van der Waals surface area contributed by atoms with E-state index in [0.717, 1.165) is 46.0 Å². The van der Waals surface area contributed by atoms with Crippen molar-refractivity contribution in [1.82, 2.24) is 9.88 Å². The quantitative estimate of drug-likeness (QED) is 0.394. The summed E-state index contributed by atoms with van der Waals surface area (Å²) in [6.07, 6.45) is 2.09. The van der Waals surface area contributed by atoms with Gasteiger partial charge in [-0.1, -0.05) is 29.5 Å². The number of para-hydroxylation sites is 1. The van der Waals surface area contributed by atoms with Crippen LogP contribution in [-0.2, 0) is 0 Å². The van der Waals surface area contributed by atoms with Crippen molar-refractivity contribution in [3.63, 3.8) is 0 Å². The van der Waals surface area contributed by atoms with Crippen LogP contribution in [0.1, 0.15) is 10.4 Å². The predicted molar refractivity (Wildman–Crippen MR) is 119 cm³/mol. The summed E-state index contributed by atoms with van der Waals surface area (Å²) in [5.41, 5.74) is 1.89. The lowest BCUT2D eigenvalue weighted by molar-refractivity contribution is 0.0745. The van der Waals surface area contributed by atoms with Crippen molar-refractivity contribution < 1.29 is 4.79 Å². The van der Waals surface area contributed by atoms with E-state index in [-0.39, 0.29) is 5.91 Å². The van der Waals surface area contributed by atoms with Crippen molar-refractivity contribution in [3.05, 3.63) is 51.6 Å². The number of halogens is 1. The molecule has 1 aliphatic rings. The van der Waals surface area contributed by atoms with Crippen molar-refractivity contribution >= 4 is 66.9 Å². The molecule has 1 saturated heterocycles. The topological polar surface area (TPSA) is 36.4 Å². The van der Waals surface area contributed by atoms with Crippen LogP contribution < -0.4 is 4.90 Å². The molecule has 1 aliphatic heterocycles. The first-order valence-electron chi connectivity index (χ1n) is 8.39. The zero-order valence-corrected chi connectivity index (χ0v) is 18.1. The van der Waals surface area contributed by atoms with E-state index >= 15 is 0 Å². The summed E-state index contributed by atoms with van der Waals surface area (Å²) in [7, 11) is 0. The van der Waals surface area contributed by atoms with Crippen LogP contribution in [-0.4, -0.2) is 48.2 Å². The van der Waals surface area contributed by atoms with Gasteiger partial charge in [0.05, 0.1) is 15.8 Å². The molecule has 1 fully saturated rings. The molecule has 0 unspecified atom stereocenters. The maximum Gasteiger partial charge on any atom is 0.255 e. The number of fused-ring (bicyclic) bond motifs is 1. The van der Waals surface area contributed by atoms with Crippen LogP contribution in [0.25, 0.3) is 10.2 Å². The Morgan fingerprint density at radius 3 is 2.62 bits per heavy atom. The van der Waals surface area contributed by atoms with E-state index in [2.05, 4.69) is 51.9 Å². The Labute approximate surface area is 174 Å². The monoisotopic (exact) mass is 495 g/mol. The van der Waals surface area contributed by atoms with Gasteiger partial charge in [0.15, 0.2) is 5.13 Å². The molecule has 1 aromatic heterocycles. The minimum absolute atomic E-state index is 0.128. The molecule has 0 spiro atoms. The van der Waals surface area contributed by atoms with Crippen molar-refractivity contribution in [2.45, 2.75) is 4.90 Å². The van der Waals surface area contributed by atoms with Crippen LogP contribution >= 0.6 is 45.7 Å². The fraction of sp³-hybridized carbons (Fsp3) is 0.263. The Bertz CT molecular complexity index is 951. The van der Waals surface area contributed by atoms with Gasteiger partial charge in [-0.2, -0.15) is 0 Å². The van der Waals surface area contributed by atoms with Crippen LogP contribution in [0.4, 0.5) is 5.13 Å². The first kappa shape index (κ1) is 18.1. The van der Waals surface area contributed by atoms with E-state index in [9.17, 15) is 4.79 Å². The highest BCUT2D eigenvalue weighted by atomic mass is 127. The largest absolute Gasteiger partial charge is 0.345 e. The predicted octanol–water partition coefficient (Wildman–Crippen LogP) is 4.59. The molecule has 26 heavy (non-hydrogen) atoms. The lowest BCUT2D eigenvalue weighted by atomic mass is 10.2. The first-order chi connectivity index (χ1) is 12.7. The summed E-state index contributed by atoms with van der Waals surface area (Å²) in [6.45, 7) is 3.11. The van der Waals surface area contributed by atoms with Gasteiger partial charge in [-0.15, -0.1) is 11.8 Å². The van der Waals surface area contributed by atoms with E-state index in [1.54, 1.807) is 23.1 Å². The summed E-state index contributed by atoms with van der Waals surface area (Å²) in [6, 6.07) is 14.1. The maximum absolute atomic E-state index is 12.8. The Kier molecular flexibility index (Phi) is 5.37. The summed E-state index contributed by atoms with van der Waals surface area (Å²) in [4.78, 5) is 23.1. The molecule has 1 amide bonds. The third-order valence-corrected chi connectivity index (χ3v) is 7.32. The van der Waals surface area contributed by atoms with Gasteiger partial charge < -0.3 is 9.80 Å². The molecule has 7 heteroatoms. The van der Waals surface area contributed by atoms with Crippen molar-refractivity contribution in [3.8, 4) is 0 Å². The SMILES string of the molecule is CSc1cccc2sc(N3CCN(C(=O)c4ccccc4I)CC3)nc12. The van der Waals surface area contributed by atoms with Gasteiger partial charge in [0.25, 0.3) is 5.91 Å². The van der Waals surface area contributed by atoms with Gasteiger partial charge in [-0.05, 0) is 53.1 Å². The maximum atomic E-state index is 12.8. The Morgan fingerprint density at radius 2 is 1.88 bits per heavy atom. The van der Waals surface area contributed by atoms with Gasteiger partial charge in [-0.3, -0.25) is 4.79 Å². The van der Waals surface area contributed by atoms with Gasteiger partial charge in [0.2, 0.25) is 0 Å². The van der Waals surface area contributed by atoms with Crippen LogP contribution in [0.15, 0.2) is 47.4 Å². The molecule has 4 nitrogen and oxygen atoms in total. The highest BCUT2D eigenvalue weighted by Crippen LogP contribution is 2.34. The number of anilines is 1. The molecule has 2 aromatic carbocycles. The number of hydrogen-bond donors (Lipinski definition) is 0. The van der Waals surface area contributed by atoms with Crippen LogP contribution in [0.3, 0.4) is 0 Å². The van der Waals surface area contributed by atoms with Gasteiger partial charge in [-0.25, -0.2) is 4.98 Å². The average molecular weight is 495 g/mol. The number of benzene rings is 2. The Hall–Kier alpha value is -1.32. The second kappa shape index (κ2) is 7.74. The van der Waals surface area contributed by atoms with Crippen LogP contribution in [0.5, 0.6) is 0 Å². The van der Waals surface area contributed by atoms with Gasteiger partial charge in [0, 0.05) is 34.6 Å². The number of amides is 1. The first-order valence-corrected chi connectivity index (χ1v) is 11.5. The zero-order chi connectivity index (χ0) is 18.1. The third-order valence-electron chi connectivity index (χ3n) is 4.53. The summed E-state index contributed by atoms with van der Waals surface area (Å²) in [5.74, 6) is 0.128. The average Bonchev–Trinajstić information content (AvgIpc) is 3.12. The van der Waals surface area contributed by atoms with E-state index < -0.39 is 0 Å². The number of thioether (sulfide) groups is 1. The fourth-order valence-electron chi connectivity index (χ4n) is 3.12. The van der Waals surface area contributed by atoms with Gasteiger partial charge >= 0.3 is 0 Å². The number of thiazole rings is 1. The number of rotatable bonds is 3. The number of hydrogen-bond acceptors (Lipinski definition) is 5. The van der Waals surface area contributed by atoms with Crippen molar-refractivity contribution in [2.75, 3.05) is 37.3 Å². The van der Waals surface area contributed by atoms with E-state index in [4.69, 9.17) is 4.98 Å². The van der Waals surface area contributed by atoms with E-state index in [0.29, 0.717) is 0 Å². The number of aromatic nitrogens is 1. The zero-order valence-electron chi connectivity index (χ0n) is 14.3. The molecular formula is C19H18IN3OS2. The minimum atomic E-state index is 0.128.